The van der Waals surface area contributed by atoms with Crippen LogP contribution in [0.5, 0.6) is 0 Å². The molecule has 19 heavy (non-hydrogen) atoms. The van der Waals surface area contributed by atoms with E-state index >= 15 is 0 Å². The molecule has 0 aliphatic heterocycles. The van der Waals surface area contributed by atoms with Crippen LogP contribution in [0, 0.1) is 26.2 Å². The summed E-state index contributed by atoms with van der Waals surface area (Å²) in [6.07, 6.45) is 5.09. The van der Waals surface area contributed by atoms with Gasteiger partial charge in [-0.25, -0.2) is 8.42 Å². The summed E-state index contributed by atoms with van der Waals surface area (Å²) < 4.78 is 26.8. The first-order valence-electron chi connectivity index (χ1n) is 6.14. The van der Waals surface area contributed by atoms with Crippen LogP contribution >= 0.6 is 0 Å². The third-order valence-electron chi connectivity index (χ3n) is 2.96. The van der Waals surface area contributed by atoms with E-state index in [1.54, 1.807) is 0 Å². The molecule has 0 aromatic heterocycles. The quantitative estimate of drug-likeness (QED) is 0.864. The van der Waals surface area contributed by atoms with Gasteiger partial charge in [-0.1, -0.05) is 38.8 Å². The van der Waals surface area contributed by atoms with Crippen molar-refractivity contribution in [1.29, 1.82) is 0 Å². The molecule has 0 fully saturated rings. The van der Waals surface area contributed by atoms with Crippen molar-refractivity contribution in [3.05, 3.63) is 28.8 Å². The number of rotatable bonds is 3. The minimum absolute atomic E-state index is 0.00222. The minimum atomic E-state index is -3.54. The summed E-state index contributed by atoms with van der Waals surface area (Å²) in [5, 5.41) is 0. The summed E-state index contributed by atoms with van der Waals surface area (Å²) in [6, 6.07) is 3.86. The molecule has 1 N–H and O–H groups in total. The molecule has 0 amide bonds. The average molecular weight is 279 g/mol. The summed E-state index contributed by atoms with van der Waals surface area (Å²) in [7, 11) is -3.54. The van der Waals surface area contributed by atoms with Gasteiger partial charge in [0.1, 0.15) is 0 Å². The van der Waals surface area contributed by atoms with Gasteiger partial charge in [-0.15, -0.1) is 6.42 Å². The Morgan fingerprint density at radius 2 is 1.68 bits per heavy atom. The smallest absolute Gasteiger partial charge is 0.207 e. The molecule has 0 unspecified atom stereocenters. The largest absolute Gasteiger partial charge is 0.241 e. The highest BCUT2D eigenvalue weighted by molar-refractivity contribution is 7.89. The van der Waals surface area contributed by atoms with Gasteiger partial charge in [0.2, 0.25) is 10.0 Å². The van der Waals surface area contributed by atoms with E-state index < -0.39 is 10.0 Å². The highest BCUT2D eigenvalue weighted by Gasteiger charge is 2.22. The van der Waals surface area contributed by atoms with Gasteiger partial charge in [0.15, 0.2) is 0 Å². The molecule has 0 aliphatic rings. The topological polar surface area (TPSA) is 46.2 Å². The van der Waals surface area contributed by atoms with Crippen LogP contribution in [0.3, 0.4) is 0 Å². The van der Waals surface area contributed by atoms with Crippen LogP contribution in [0.15, 0.2) is 17.0 Å². The van der Waals surface area contributed by atoms with Crippen LogP contribution in [0.2, 0.25) is 0 Å². The van der Waals surface area contributed by atoms with E-state index in [1.165, 1.54) is 0 Å². The fraction of sp³-hybridized carbons (Fsp3) is 0.467. The molecule has 0 bridgehead atoms. The molecule has 104 valence electrons. The fourth-order valence-corrected chi connectivity index (χ4v) is 3.40. The molecule has 1 aromatic carbocycles. The van der Waals surface area contributed by atoms with Crippen LogP contribution in [-0.4, -0.2) is 15.0 Å². The van der Waals surface area contributed by atoms with Crippen LogP contribution in [0.25, 0.3) is 0 Å². The Morgan fingerprint density at radius 3 is 2.05 bits per heavy atom. The van der Waals surface area contributed by atoms with Gasteiger partial charge in [-0.3, -0.25) is 0 Å². The molecular weight excluding hydrogens is 258 g/mol. The van der Waals surface area contributed by atoms with Crippen molar-refractivity contribution in [2.45, 2.75) is 44.9 Å². The second-order valence-corrected chi connectivity index (χ2v) is 7.42. The first kappa shape index (κ1) is 15.7. The third-order valence-corrected chi connectivity index (χ3v) is 4.67. The normalized spacial score (nSPS) is 12.2. The van der Waals surface area contributed by atoms with Crippen LogP contribution in [0.4, 0.5) is 0 Å². The summed E-state index contributed by atoms with van der Waals surface area (Å²) in [4.78, 5) is 0.329. The molecule has 0 saturated carbocycles. The highest BCUT2D eigenvalue weighted by Crippen LogP contribution is 2.28. The van der Waals surface area contributed by atoms with Gasteiger partial charge >= 0.3 is 0 Å². The molecule has 0 heterocycles. The summed E-state index contributed by atoms with van der Waals surface area (Å²) in [6.45, 7) is 9.94. The molecule has 4 heteroatoms. The van der Waals surface area contributed by atoms with Crippen LogP contribution < -0.4 is 4.72 Å². The van der Waals surface area contributed by atoms with Crippen LogP contribution in [-0.2, 0) is 15.4 Å². The van der Waals surface area contributed by atoms with Crippen molar-refractivity contribution >= 4 is 10.0 Å². The number of sulfonamides is 1. The van der Waals surface area contributed by atoms with Crippen molar-refractivity contribution < 1.29 is 8.42 Å². The van der Waals surface area contributed by atoms with Gasteiger partial charge in [0, 0.05) is 0 Å². The number of terminal acetylenes is 1. The van der Waals surface area contributed by atoms with Gasteiger partial charge in [-0.05, 0) is 36.0 Å². The van der Waals surface area contributed by atoms with E-state index in [0.29, 0.717) is 4.90 Å². The van der Waals surface area contributed by atoms with E-state index in [1.807, 2.05) is 26.0 Å². The second-order valence-electron chi connectivity index (χ2n) is 5.72. The molecule has 0 atom stereocenters. The van der Waals surface area contributed by atoms with Crippen LogP contribution in [0.1, 0.15) is 37.5 Å². The Hall–Kier alpha value is -1.31. The van der Waals surface area contributed by atoms with E-state index in [4.69, 9.17) is 6.42 Å². The number of hydrogen-bond acceptors (Lipinski definition) is 2. The highest BCUT2D eigenvalue weighted by atomic mass is 32.2. The maximum atomic E-state index is 12.2. The molecule has 0 saturated heterocycles. The van der Waals surface area contributed by atoms with Crippen molar-refractivity contribution in [3.63, 3.8) is 0 Å². The molecule has 1 rings (SSSR count). The predicted molar refractivity (Wildman–Crippen MR) is 78.6 cm³/mol. The van der Waals surface area contributed by atoms with Crippen molar-refractivity contribution in [1.82, 2.24) is 4.72 Å². The number of aryl methyl sites for hydroxylation is 2. The Balaban J connectivity index is 3.38. The van der Waals surface area contributed by atoms with E-state index in [0.717, 1.165) is 16.7 Å². The zero-order valence-electron chi connectivity index (χ0n) is 12.2. The zero-order chi connectivity index (χ0) is 14.8. The van der Waals surface area contributed by atoms with E-state index in [-0.39, 0.29) is 12.0 Å². The predicted octanol–water partition coefficient (Wildman–Crippen LogP) is 2.51. The first-order chi connectivity index (χ1) is 8.59. The minimum Gasteiger partial charge on any atom is -0.207 e. The van der Waals surface area contributed by atoms with Gasteiger partial charge in [-0.2, -0.15) is 4.72 Å². The molecule has 0 aliphatic carbocycles. The maximum Gasteiger partial charge on any atom is 0.241 e. The van der Waals surface area contributed by atoms with Crippen molar-refractivity contribution in [2.24, 2.45) is 0 Å². The van der Waals surface area contributed by atoms with E-state index in [2.05, 4.69) is 31.4 Å². The van der Waals surface area contributed by atoms with Gasteiger partial charge in [0.05, 0.1) is 11.4 Å². The maximum absolute atomic E-state index is 12.2. The number of nitrogens with one attached hydrogen (secondary N) is 1. The monoisotopic (exact) mass is 279 g/mol. The standard InChI is InChI=1S/C15H21NO2S/c1-7-8-16-19(17,18)14-11(2)9-13(10-12(14)3)15(4,5)6/h1,9-10,16H,8H2,2-6H3. The summed E-state index contributed by atoms with van der Waals surface area (Å²) in [5.41, 5.74) is 2.60. The lowest BCUT2D eigenvalue weighted by atomic mass is 9.85. The molecule has 1 aromatic rings. The lowest BCUT2D eigenvalue weighted by Crippen LogP contribution is -2.26. The molecular formula is C15H21NO2S. The number of hydrogen-bond donors (Lipinski definition) is 1. The first-order valence-corrected chi connectivity index (χ1v) is 7.63. The lowest BCUT2D eigenvalue weighted by Gasteiger charge is -2.22. The number of benzene rings is 1. The van der Waals surface area contributed by atoms with E-state index in [9.17, 15) is 8.42 Å². The third kappa shape index (κ3) is 3.59. The fourth-order valence-electron chi connectivity index (χ4n) is 2.02. The SMILES string of the molecule is C#CCNS(=O)(=O)c1c(C)cc(C(C)(C)C)cc1C. The molecule has 0 spiro atoms. The zero-order valence-corrected chi connectivity index (χ0v) is 13.0. The Bertz CT molecular complexity index is 594. The second kappa shape index (κ2) is 5.36. The van der Waals surface area contributed by atoms with Crippen molar-refractivity contribution in [3.8, 4) is 12.3 Å². The lowest BCUT2D eigenvalue weighted by molar-refractivity contribution is 0.579. The Kier molecular flexibility index (Phi) is 4.44. The Labute approximate surface area is 116 Å². The molecule has 0 radical (unpaired) electrons. The van der Waals surface area contributed by atoms with Gasteiger partial charge < -0.3 is 0 Å². The average Bonchev–Trinajstić information content (AvgIpc) is 2.23. The summed E-state index contributed by atoms with van der Waals surface area (Å²) >= 11 is 0. The van der Waals surface area contributed by atoms with Gasteiger partial charge in [0.25, 0.3) is 0 Å². The molecule has 3 nitrogen and oxygen atoms in total. The van der Waals surface area contributed by atoms with Crippen molar-refractivity contribution in [2.75, 3.05) is 6.54 Å². The Morgan fingerprint density at radius 1 is 1.21 bits per heavy atom. The summed E-state index contributed by atoms with van der Waals surface area (Å²) in [5.74, 6) is 2.28.